The molecule has 0 bridgehead atoms. The Morgan fingerprint density at radius 2 is 2.50 bits per heavy atom. The first-order chi connectivity index (χ1) is 7.84. The van der Waals surface area contributed by atoms with Crippen molar-refractivity contribution in [3.05, 3.63) is 21.9 Å². The molecule has 1 N–H and O–H groups in total. The van der Waals surface area contributed by atoms with Gasteiger partial charge < -0.3 is 5.32 Å². The van der Waals surface area contributed by atoms with E-state index in [0.29, 0.717) is 6.04 Å². The van der Waals surface area contributed by atoms with Crippen LogP contribution in [-0.2, 0) is 6.42 Å². The van der Waals surface area contributed by atoms with E-state index in [1.807, 2.05) is 11.3 Å². The highest BCUT2D eigenvalue weighted by Crippen LogP contribution is 2.33. The average Bonchev–Trinajstić information content (AvgIpc) is 2.93. The fraction of sp³-hybridized carbons (Fsp3) is 0.692. The maximum atomic E-state index is 3.47. The summed E-state index contributed by atoms with van der Waals surface area (Å²) in [5.41, 5.74) is 1.59. The third-order valence-electron chi connectivity index (χ3n) is 4.06. The Bertz CT molecular complexity index is 355. The first-order valence-corrected chi connectivity index (χ1v) is 7.23. The maximum absolute atomic E-state index is 3.47. The van der Waals surface area contributed by atoms with Crippen molar-refractivity contribution >= 4 is 11.3 Å². The van der Waals surface area contributed by atoms with Crippen molar-refractivity contribution in [3.8, 4) is 0 Å². The van der Waals surface area contributed by atoms with Crippen LogP contribution in [0, 0.1) is 5.92 Å². The van der Waals surface area contributed by atoms with Gasteiger partial charge in [0.05, 0.1) is 0 Å². The van der Waals surface area contributed by atoms with Crippen LogP contribution in [0.15, 0.2) is 11.4 Å². The minimum atomic E-state index is 0.635. The smallest absolute Gasteiger partial charge is 0.0331 e. The molecule has 0 aliphatic carbocycles. The Morgan fingerprint density at radius 3 is 3.31 bits per heavy atom. The molecule has 2 atom stereocenters. The summed E-state index contributed by atoms with van der Waals surface area (Å²) in [7, 11) is 0. The molecule has 2 unspecified atom stereocenters. The third-order valence-corrected chi connectivity index (χ3v) is 5.06. The number of hydrogen-bond acceptors (Lipinski definition) is 3. The van der Waals surface area contributed by atoms with Gasteiger partial charge in [0.2, 0.25) is 0 Å². The lowest BCUT2D eigenvalue weighted by Crippen LogP contribution is -2.37. The number of thiophene rings is 1. The second kappa shape index (κ2) is 4.47. The lowest BCUT2D eigenvalue weighted by molar-refractivity contribution is 0.173. The minimum absolute atomic E-state index is 0.635. The zero-order valence-electron chi connectivity index (χ0n) is 9.91. The van der Waals surface area contributed by atoms with Crippen LogP contribution in [0.1, 0.15) is 29.8 Å². The third kappa shape index (κ3) is 1.92. The fourth-order valence-electron chi connectivity index (χ4n) is 3.01. The van der Waals surface area contributed by atoms with Crippen LogP contribution in [0.3, 0.4) is 0 Å². The Kier molecular flexibility index (Phi) is 3.01. The van der Waals surface area contributed by atoms with E-state index < -0.39 is 0 Å². The predicted octanol–water partition coefficient (Wildman–Crippen LogP) is 2.28. The highest BCUT2D eigenvalue weighted by Gasteiger charge is 2.27. The molecule has 0 spiro atoms. The first kappa shape index (κ1) is 10.8. The van der Waals surface area contributed by atoms with E-state index in [9.17, 15) is 0 Å². The van der Waals surface area contributed by atoms with Crippen LogP contribution in [0.2, 0.25) is 0 Å². The zero-order valence-corrected chi connectivity index (χ0v) is 10.7. The molecule has 0 saturated carbocycles. The molecule has 1 saturated heterocycles. The summed E-state index contributed by atoms with van der Waals surface area (Å²) in [6.07, 6.45) is 2.62. The summed E-state index contributed by atoms with van der Waals surface area (Å²) < 4.78 is 0. The molecule has 1 fully saturated rings. The molecule has 1 aromatic heterocycles. The van der Waals surface area contributed by atoms with E-state index in [1.165, 1.54) is 39.0 Å². The molecule has 3 rings (SSSR count). The molecule has 2 aliphatic rings. The maximum Gasteiger partial charge on any atom is 0.0331 e. The Morgan fingerprint density at radius 1 is 1.56 bits per heavy atom. The van der Waals surface area contributed by atoms with Crippen LogP contribution >= 0.6 is 11.3 Å². The van der Waals surface area contributed by atoms with Crippen molar-refractivity contribution in [3.63, 3.8) is 0 Å². The fourth-order valence-corrected chi connectivity index (χ4v) is 3.98. The molecule has 0 aromatic carbocycles. The van der Waals surface area contributed by atoms with Gasteiger partial charge in [0, 0.05) is 24.0 Å². The number of fused-ring (bicyclic) bond motifs is 1. The van der Waals surface area contributed by atoms with E-state index in [1.54, 1.807) is 10.4 Å². The Hall–Kier alpha value is -0.380. The predicted molar refractivity (Wildman–Crippen MR) is 69.0 cm³/mol. The molecule has 0 radical (unpaired) electrons. The molecule has 16 heavy (non-hydrogen) atoms. The second-order valence-electron chi connectivity index (χ2n) is 5.08. The van der Waals surface area contributed by atoms with E-state index in [2.05, 4.69) is 28.6 Å². The van der Waals surface area contributed by atoms with Crippen LogP contribution in [0.25, 0.3) is 0 Å². The van der Waals surface area contributed by atoms with E-state index in [-0.39, 0.29) is 0 Å². The first-order valence-electron chi connectivity index (χ1n) is 6.35. The van der Waals surface area contributed by atoms with Gasteiger partial charge in [-0.15, -0.1) is 11.3 Å². The SMILES string of the molecule is CC1c2ccsc2CCN1CC1CCNC1. The summed E-state index contributed by atoms with van der Waals surface area (Å²) in [6, 6.07) is 2.96. The molecule has 1 aromatic rings. The van der Waals surface area contributed by atoms with Gasteiger partial charge in [-0.1, -0.05) is 0 Å². The number of hydrogen-bond donors (Lipinski definition) is 1. The normalized spacial score (nSPS) is 30.6. The summed E-state index contributed by atoms with van der Waals surface area (Å²) in [6.45, 7) is 7.35. The number of nitrogens with one attached hydrogen (secondary N) is 1. The topological polar surface area (TPSA) is 15.3 Å². The van der Waals surface area contributed by atoms with Crippen LogP contribution in [0.5, 0.6) is 0 Å². The quantitative estimate of drug-likeness (QED) is 0.847. The van der Waals surface area contributed by atoms with Crippen LogP contribution < -0.4 is 5.32 Å². The van der Waals surface area contributed by atoms with E-state index >= 15 is 0 Å². The van der Waals surface area contributed by atoms with Crippen molar-refractivity contribution in [2.45, 2.75) is 25.8 Å². The van der Waals surface area contributed by atoms with Crippen molar-refractivity contribution < 1.29 is 0 Å². The van der Waals surface area contributed by atoms with Gasteiger partial charge in [-0.05, 0) is 55.8 Å². The van der Waals surface area contributed by atoms with Gasteiger partial charge in [-0.3, -0.25) is 4.90 Å². The molecular formula is C13H20N2S. The molecule has 3 heterocycles. The van der Waals surface area contributed by atoms with Crippen molar-refractivity contribution in [1.29, 1.82) is 0 Å². The highest BCUT2D eigenvalue weighted by atomic mass is 32.1. The summed E-state index contributed by atoms with van der Waals surface area (Å²) in [5, 5.41) is 5.72. The van der Waals surface area contributed by atoms with Crippen LogP contribution in [-0.4, -0.2) is 31.1 Å². The highest BCUT2D eigenvalue weighted by molar-refractivity contribution is 7.10. The molecule has 88 valence electrons. The largest absolute Gasteiger partial charge is 0.316 e. The van der Waals surface area contributed by atoms with Crippen molar-refractivity contribution in [2.75, 3.05) is 26.2 Å². The zero-order chi connectivity index (χ0) is 11.0. The monoisotopic (exact) mass is 236 g/mol. The molecule has 2 nitrogen and oxygen atoms in total. The van der Waals surface area contributed by atoms with Gasteiger partial charge in [-0.25, -0.2) is 0 Å². The van der Waals surface area contributed by atoms with E-state index in [4.69, 9.17) is 0 Å². The van der Waals surface area contributed by atoms with Gasteiger partial charge in [0.25, 0.3) is 0 Å². The van der Waals surface area contributed by atoms with Gasteiger partial charge in [-0.2, -0.15) is 0 Å². The number of rotatable bonds is 2. The lowest BCUT2D eigenvalue weighted by Gasteiger charge is -2.35. The molecule has 2 aliphatic heterocycles. The van der Waals surface area contributed by atoms with E-state index in [0.717, 1.165) is 5.92 Å². The lowest BCUT2D eigenvalue weighted by atomic mass is 9.99. The molecule has 0 amide bonds. The van der Waals surface area contributed by atoms with Crippen LogP contribution in [0.4, 0.5) is 0 Å². The van der Waals surface area contributed by atoms with Gasteiger partial charge >= 0.3 is 0 Å². The van der Waals surface area contributed by atoms with Crippen molar-refractivity contribution in [2.24, 2.45) is 5.92 Å². The second-order valence-corrected chi connectivity index (χ2v) is 6.08. The Labute approximate surface area is 102 Å². The molecule has 3 heteroatoms. The minimum Gasteiger partial charge on any atom is -0.316 e. The van der Waals surface area contributed by atoms with Gasteiger partial charge in [0.1, 0.15) is 0 Å². The average molecular weight is 236 g/mol. The standard InChI is InChI=1S/C13H20N2S/c1-10-12-4-7-16-13(12)3-6-15(10)9-11-2-5-14-8-11/h4,7,10-11,14H,2-3,5-6,8-9H2,1H3. The van der Waals surface area contributed by atoms with Crippen molar-refractivity contribution in [1.82, 2.24) is 10.2 Å². The Balaban J connectivity index is 1.69. The molecular weight excluding hydrogens is 216 g/mol. The summed E-state index contributed by atoms with van der Waals surface area (Å²) >= 11 is 1.93. The van der Waals surface area contributed by atoms with Gasteiger partial charge in [0.15, 0.2) is 0 Å². The summed E-state index contributed by atoms with van der Waals surface area (Å²) in [4.78, 5) is 4.29. The summed E-state index contributed by atoms with van der Waals surface area (Å²) in [5.74, 6) is 0.877. The number of nitrogens with zero attached hydrogens (tertiary/aromatic N) is 1.